The van der Waals surface area contributed by atoms with Crippen molar-refractivity contribution < 1.29 is 9.52 Å². The quantitative estimate of drug-likeness (QED) is 0.503. The first-order valence-corrected chi connectivity index (χ1v) is 9.50. The lowest BCUT2D eigenvalue weighted by Gasteiger charge is -2.10. The number of thioether (sulfide) groups is 1. The number of hydrogen-bond acceptors (Lipinski definition) is 7. The first kappa shape index (κ1) is 18.0. The molecule has 0 radical (unpaired) electrons. The minimum atomic E-state index is -0.469. The summed E-state index contributed by atoms with van der Waals surface area (Å²) in [4.78, 5) is 15.8. The molecule has 8 heteroatoms. The molecule has 0 aliphatic carbocycles. The molecule has 1 aromatic carbocycles. The fourth-order valence-corrected chi connectivity index (χ4v) is 3.50. The van der Waals surface area contributed by atoms with Gasteiger partial charge in [0.25, 0.3) is 0 Å². The van der Waals surface area contributed by atoms with Crippen LogP contribution in [0, 0.1) is 0 Å². The zero-order valence-electron chi connectivity index (χ0n) is 14.7. The minimum absolute atomic E-state index is 0.384. The zero-order chi connectivity index (χ0) is 19.3. The molecular weight excluding hydrogens is 376 g/mol. The molecule has 0 aliphatic rings. The summed E-state index contributed by atoms with van der Waals surface area (Å²) in [5.41, 5.74) is 1.52. The lowest BCUT2D eigenvalue weighted by Crippen LogP contribution is -2.04. The Kier molecular flexibility index (Phi) is 5.20. The lowest BCUT2D eigenvalue weighted by atomic mass is 10.2. The van der Waals surface area contributed by atoms with Gasteiger partial charge in [-0.2, -0.15) is 0 Å². The molecule has 1 N–H and O–H groups in total. The molecule has 0 saturated heterocycles. The van der Waals surface area contributed by atoms with Crippen molar-refractivity contribution in [3.8, 4) is 17.1 Å². The average Bonchev–Trinajstić information content (AvgIpc) is 3.13. The monoisotopic (exact) mass is 392 g/mol. The molecule has 0 bridgehead atoms. The standard InChI is InChI=1S/C20H16N4O3S/c25-17-9-16(27-12-18(17)26)13-28-20-23-22-19(15-7-4-8-21-10-15)24(20)11-14-5-2-1-3-6-14/h1-10,12,26H,11,13H2. The van der Waals surface area contributed by atoms with E-state index in [2.05, 4.69) is 15.2 Å². The molecule has 0 aliphatic heterocycles. The van der Waals surface area contributed by atoms with E-state index in [4.69, 9.17) is 4.42 Å². The van der Waals surface area contributed by atoms with Gasteiger partial charge in [-0.15, -0.1) is 10.2 Å². The second-order valence-corrected chi connectivity index (χ2v) is 6.95. The largest absolute Gasteiger partial charge is 0.502 e. The van der Waals surface area contributed by atoms with Crippen molar-refractivity contribution in [3.63, 3.8) is 0 Å². The molecule has 0 fully saturated rings. The number of rotatable bonds is 6. The smallest absolute Gasteiger partial charge is 0.226 e. The van der Waals surface area contributed by atoms with Crippen molar-refractivity contribution in [2.24, 2.45) is 0 Å². The van der Waals surface area contributed by atoms with E-state index in [-0.39, 0.29) is 0 Å². The Bertz CT molecular complexity index is 1130. The van der Waals surface area contributed by atoms with Crippen LogP contribution in [0.3, 0.4) is 0 Å². The van der Waals surface area contributed by atoms with Crippen molar-refractivity contribution in [2.75, 3.05) is 0 Å². The number of hydrogen-bond donors (Lipinski definition) is 1. The number of aromatic nitrogens is 4. The molecule has 0 amide bonds. The van der Waals surface area contributed by atoms with Gasteiger partial charge in [-0.3, -0.25) is 14.3 Å². The highest BCUT2D eigenvalue weighted by molar-refractivity contribution is 7.98. The summed E-state index contributed by atoms with van der Waals surface area (Å²) in [6, 6.07) is 15.1. The molecule has 3 aromatic heterocycles. The maximum absolute atomic E-state index is 11.6. The molecule has 0 saturated carbocycles. The minimum Gasteiger partial charge on any atom is -0.502 e. The van der Waals surface area contributed by atoms with Crippen LogP contribution in [0.2, 0.25) is 0 Å². The Hall–Kier alpha value is -3.39. The van der Waals surface area contributed by atoms with Crippen molar-refractivity contribution in [2.45, 2.75) is 17.5 Å². The average molecular weight is 392 g/mol. The molecule has 0 unspecified atom stereocenters. The fraction of sp³-hybridized carbons (Fsp3) is 0.100. The molecule has 3 heterocycles. The van der Waals surface area contributed by atoms with E-state index in [1.807, 2.05) is 47.0 Å². The van der Waals surface area contributed by atoms with Gasteiger partial charge >= 0.3 is 0 Å². The van der Waals surface area contributed by atoms with Crippen LogP contribution in [-0.4, -0.2) is 24.9 Å². The number of aromatic hydroxyl groups is 1. The molecule has 0 atom stereocenters. The second kappa shape index (κ2) is 8.10. The number of pyridine rings is 1. The highest BCUT2D eigenvalue weighted by Gasteiger charge is 2.16. The van der Waals surface area contributed by atoms with E-state index >= 15 is 0 Å². The van der Waals surface area contributed by atoms with Gasteiger partial charge in [-0.25, -0.2) is 0 Å². The van der Waals surface area contributed by atoms with E-state index in [1.165, 1.54) is 17.8 Å². The third kappa shape index (κ3) is 3.96. The fourth-order valence-electron chi connectivity index (χ4n) is 2.67. The molecule has 7 nitrogen and oxygen atoms in total. The second-order valence-electron chi connectivity index (χ2n) is 6.00. The zero-order valence-corrected chi connectivity index (χ0v) is 15.5. The maximum Gasteiger partial charge on any atom is 0.226 e. The third-order valence-electron chi connectivity index (χ3n) is 4.03. The van der Waals surface area contributed by atoms with E-state index in [0.717, 1.165) is 17.4 Å². The highest BCUT2D eigenvalue weighted by atomic mass is 32.2. The predicted octanol–water partition coefficient (Wildman–Crippen LogP) is 3.34. The summed E-state index contributed by atoms with van der Waals surface area (Å²) >= 11 is 1.40. The maximum atomic E-state index is 11.6. The Morgan fingerprint density at radius 3 is 2.71 bits per heavy atom. The van der Waals surface area contributed by atoms with Crippen molar-refractivity contribution in [1.29, 1.82) is 0 Å². The first-order chi connectivity index (χ1) is 13.7. The van der Waals surface area contributed by atoms with Crippen LogP contribution in [-0.2, 0) is 12.3 Å². The van der Waals surface area contributed by atoms with Gasteiger partial charge in [-0.05, 0) is 17.7 Å². The highest BCUT2D eigenvalue weighted by Crippen LogP contribution is 2.27. The summed E-state index contributed by atoms with van der Waals surface area (Å²) in [5.74, 6) is 1.15. The van der Waals surface area contributed by atoms with Gasteiger partial charge in [-0.1, -0.05) is 42.1 Å². The number of nitrogens with zero attached hydrogens (tertiary/aromatic N) is 4. The van der Waals surface area contributed by atoms with E-state index in [0.29, 0.717) is 29.0 Å². The Morgan fingerprint density at radius 1 is 1.11 bits per heavy atom. The van der Waals surface area contributed by atoms with Crippen LogP contribution in [0.4, 0.5) is 0 Å². The van der Waals surface area contributed by atoms with Crippen molar-refractivity contribution in [3.05, 3.63) is 88.7 Å². The normalized spacial score (nSPS) is 10.9. The van der Waals surface area contributed by atoms with Gasteiger partial charge in [0.05, 0.1) is 12.3 Å². The predicted molar refractivity (Wildman–Crippen MR) is 105 cm³/mol. The van der Waals surface area contributed by atoms with Crippen LogP contribution >= 0.6 is 11.8 Å². The topological polar surface area (TPSA) is 94.0 Å². The van der Waals surface area contributed by atoms with E-state index in [9.17, 15) is 9.90 Å². The molecule has 140 valence electrons. The van der Waals surface area contributed by atoms with Gasteiger partial charge in [0.15, 0.2) is 16.7 Å². The van der Waals surface area contributed by atoms with Gasteiger partial charge in [0, 0.05) is 24.0 Å². The number of benzene rings is 1. The third-order valence-corrected chi connectivity index (χ3v) is 5.02. The van der Waals surface area contributed by atoms with Crippen LogP contribution in [0.5, 0.6) is 5.75 Å². The van der Waals surface area contributed by atoms with Crippen molar-refractivity contribution in [1.82, 2.24) is 19.7 Å². The van der Waals surface area contributed by atoms with E-state index < -0.39 is 11.2 Å². The summed E-state index contributed by atoms with van der Waals surface area (Å²) in [7, 11) is 0. The Morgan fingerprint density at radius 2 is 1.96 bits per heavy atom. The van der Waals surface area contributed by atoms with E-state index in [1.54, 1.807) is 12.4 Å². The molecule has 4 aromatic rings. The first-order valence-electron chi connectivity index (χ1n) is 8.52. The summed E-state index contributed by atoms with van der Waals surface area (Å²) in [5, 5.41) is 18.7. The SMILES string of the molecule is O=c1cc(CSc2nnc(-c3cccnc3)n2Cc2ccccc2)occ1O. The van der Waals surface area contributed by atoms with Crippen molar-refractivity contribution >= 4 is 11.8 Å². The van der Waals surface area contributed by atoms with Crippen LogP contribution in [0.25, 0.3) is 11.4 Å². The molecule has 0 spiro atoms. The summed E-state index contributed by atoms with van der Waals surface area (Å²) in [6.07, 6.45) is 4.51. The summed E-state index contributed by atoms with van der Waals surface area (Å²) < 4.78 is 7.28. The van der Waals surface area contributed by atoms with Crippen LogP contribution in [0.15, 0.2) is 81.6 Å². The van der Waals surface area contributed by atoms with Gasteiger partial charge < -0.3 is 9.52 Å². The van der Waals surface area contributed by atoms with Gasteiger partial charge in [0.1, 0.15) is 12.0 Å². The van der Waals surface area contributed by atoms with Crippen LogP contribution in [0.1, 0.15) is 11.3 Å². The summed E-state index contributed by atoms with van der Waals surface area (Å²) in [6.45, 7) is 0.597. The molecule has 28 heavy (non-hydrogen) atoms. The van der Waals surface area contributed by atoms with Crippen LogP contribution < -0.4 is 5.43 Å². The van der Waals surface area contributed by atoms with Gasteiger partial charge in [0.2, 0.25) is 5.43 Å². The molecule has 4 rings (SSSR count). The lowest BCUT2D eigenvalue weighted by molar-refractivity contribution is 0.419. The Balaban J connectivity index is 1.65. The molecular formula is C20H16N4O3S. The Labute approximate surface area is 164 Å².